The molecule has 0 bridgehead atoms. The summed E-state index contributed by atoms with van der Waals surface area (Å²) in [5.74, 6) is -2.47. The molecule has 0 radical (unpaired) electrons. The molecule has 32 heavy (non-hydrogen) atoms. The molecule has 0 saturated heterocycles. The Labute approximate surface area is 184 Å². The van der Waals surface area contributed by atoms with Crippen LogP contribution in [0.15, 0.2) is 54.7 Å². The zero-order valence-electron chi connectivity index (χ0n) is 16.1. The summed E-state index contributed by atoms with van der Waals surface area (Å²) in [5.41, 5.74) is 3.17. The van der Waals surface area contributed by atoms with Gasteiger partial charge in [-0.05, 0) is 42.5 Å². The predicted molar refractivity (Wildman–Crippen MR) is 109 cm³/mol. The summed E-state index contributed by atoms with van der Waals surface area (Å²) in [7, 11) is 0. The zero-order valence-corrected chi connectivity index (χ0v) is 16.9. The highest BCUT2D eigenvalue weighted by Crippen LogP contribution is 2.34. The Morgan fingerprint density at radius 3 is 2.38 bits per heavy atom. The molecule has 3 amide bonds. The smallest absolute Gasteiger partial charge is 0.368 e. The van der Waals surface area contributed by atoms with Crippen molar-refractivity contribution in [1.29, 1.82) is 0 Å². The van der Waals surface area contributed by atoms with E-state index in [1.54, 1.807) is 0 Å². The summed E-state index contributed by atoms with van der Waals surface area (Å²) >= 11 is 5.78. The first-order chi connectivity index (χ1) is 15.1. The molecule has 0 aliphatic carbocycles. The Hall–Kier alpha value is -3.86. The van der Waals surface area contributed by atoms with E-state index >= 15 is 0 Å². The molecule has 0 spiro atoms. The lowest BCUT2D eigenvalue weighted by Crippen LogP contribution is -2.33. The van der Waals surface area contributed by atoms with Crippen LogP contribution in [0.5, 0.6) is 0 Å². The van der Waals surface area contributed by atoms with E-state index in [9.17, 15) is 27.6 Å². The SMILES string of the molecule is NC(=O)CNC(=O)c1cccc(NC(=O)c2cnn(-c3ccc(Cl)cc3)c2C(F)(F)F)c1. The summed E-state index contributed by atoms with van der Waals surface area (Å²) in [5, 5.41) is 8.63. The van der Waals surface area contributed by atoms with Gasteiger partial charge in [-0.2, -0.15) is 18.3 Å². The van der Waals surface area contributed by atoms with Gasteiger partial charge in [-0.25, -0.2) is 4.68 Å². The minimum absolute atomic E-state index is 0.0638. The van der Waals surface area contributed by atoms with Crippen molar-refractivity contribution >= 4 is 35.0 Å². The maximum absolute atomic E-state index is 13.8. The van der Waals surface area contributed by atoms with Gasteiger partial charge < -0.3 is 16.4 Å². The maximum atomic E-state index is 13.8. The van der Waals surface area contributed by atoms with Crippen molar-refractivity contribution in [3.8, 4) is 5.69 Å². The van der Waals surface area contributed by atoms with Crippen molar-refractivity contribution < 1.29 is 27.6 Å². The van der Waals surface area contributed by atoms with Crippen LogP contribution in [0.4, 0.5) is 18.9 Å². The van der Waals surface area contributed by atoms with Crippen LogP contribution in [0.2, 0.25) is 5.02 Å². The average molecular weight is 466 g/mol. The van der Waals surface area contributed by atoms with Gasteiger partial charge in [0.05, 0.1) is 24.0 Å². The molecule has 1 aromatic heterocycles. The number of rotatable bonds is 6. The van der Waals surface area contributed by atoms with Crippen molar-refractivity contribution in [2.24, 2.45) is 5.73 Å². The molecule has 3 aromatic rings. The van der Waals surface area contributed by atoms with Crippen LogP contribution < -0.4 is 16.4 Å². The van der Waals surface area contributed by atoms with E-state index in [0.717, 1.165) is 6.20 Å². The molecule has 0 aliphatic rings. The van der Waals surface area contributed by atoms with E-state index in [-0.39, 0.29) is 16.9 Å². The largest absolute Gasteiger partial charge is 0.434 e. The monoisotopic (exact) mass is 465 g/mol. The second-order valence-corrected chi connectivity index (χ2v) is 6.91. The van der Waals surface area contributed by atoms with Gasteiger partial charge in [0.1, 0.15) is 0 Å². The van der Waals surface area contributed by atoms with E-state index < -0.39 is 41.7 Å². The van der Waals surface area contributed by atoms with E-state index in [4.69, 9.17) is 17.3 Å². The first kappa shape index (κ1) is 22.8. The number of nitrogens with two attached hydrogens (primary N) is 1. The number of carbonyl (C=O) groups excluding carboxylic acids is 3. The highest BCUT2D eigenvalue weighted by atomic mass is 35.5. The van der Waals surface area contributed by atoms with Gasteiger partial charge in [-0.15, -0.1) is 0 Å². The molecule has 12 heteroatoms. The highest BCUT2D eigenvalue weighted by Gasteiger charge is 2.40. The molecule has 1 heterocycles. The number of alkyl halides is 3. The molecule has 0 saturated carbocycles. The van der Waals surface area contributed by atoms with Crippen LogP contribution in [-0.4, -0.2) is 34.0 Å². The quantitative estimate of drug-likeness (QED) is 0.518. The van der Waals surface area contributed by atoms with Crippen LogP contribution in [0, 0.1) is 0 Å². The van der Waals surface area contributed by atoms with Gasteiger partial charge in [0.25, 0.3) is 11.8 Å². The summed E-state index contributed by atoms with van der Waals surface area (Å²) in [6.45, 7) is -0.395. The fourth-order valence-corrected chi connectivity index (χ4v) is 2.90. The van der Waals surface area contributed by atoms with Crippen molar-refractivity contribution in [3.05, 3.63) is 76.6 Å². The van der Waals surface area contributed by atoms with Gasteiger partial charge in [0.2, 0.25) is 5.91 Å². The molecule has 0 atom stereocenters. The Balaban J connectivity index is 1.89. The van der Waals surface area contributed by atoms with Crippen LogP contribution in [-0.2, 0) is 11.0 Å². The third kappa shape index (κ3) is 5.24. The number of hydrogen-bond donors (Lipinski definition) is 3. The normalized spacial score (nSPS) is 11.1. The zero-order chi connectivity index (χ0) is 23.5. The standard InChI is InChI=1S/C20H15ClF3N5O3/c21-12-4-6-14(7-5-12)29-17(20(22,23)24)15(9-27-29)19(32)28-13-3-1-2-11(8-13)18(31)26-10-16(25)30/h1-9H,10H2,(H2,25,30)(H,26,31)(H,28,32). The lowest BCUT2D eigenvalue weighted by atomic mass is 10.1. The number of aromatic nitrogens is 2. The van der Waals surface area contributed by atoms with E-state index in [2.05, 4.69) is 15.7 Å². The van der Waals surface area contributed by atoms with Crippen LogP contribution >= 0.6 is 11.6 Å². The molecule has 2 aromatic carbocycles. The number of halogens is 4. The molecular formula is C20H15ClF3N5O3. The van der Waals surface area contributed by atoms with Crippen molar-refractivity contribution in [3.63, 3.8) is 0 Å². The van der Waals surface area contributed by atoms with Crippen LogP contribution in [0.3, 0.4) is 0 Å². The van der Waals surface area contributed by atoms with Gasteiger partial charge in [0.15, 0.2) is 5.69 Å². The number of amides is 3. The van der Waals surface area contributed by atoms with Gasteiger partial charge >= 0.3 is 6.18 Å². The topological polar surface area (TPSA) is 119 Å². The van der Waals surface area contributed by atoms with E-state index in [0.29, 0.717) is 9.70 Å². The number of carbonyl (C=O) groups is 3. The molecule has 8 nitrogen and oxygen atoms in total. The number of anilines is 1. The number of nitrogens with zero attached hydrogens (tertiary/aromatic N) is 2. The third-order valence-electron chi connectivity index (χ3n) is 4.16. The first-order valence-corrected chi connectivity index (χ1v) is 9.33. The molecule has 0 unspecified atom stereocenters. The van der Waals surface area contributed by atoms with E-state index in [1.165, 1.54) is 48.5 Å². The molecule has 0 aliphatic heterocycles. The first-order valence-electron chi connectivity index (χ1n) is 8.95. The van der Waals surface area contributed by atoms with Crippen molar-refractivity contribution in [1.82, 2.24) is 15.1 Å². The Bertz CT molecular complexity index is 1180. The Morgan fingerprint density at radius 1 is 1.06 bits per heavy atom. The minimum Gasteiger partial charge on any atom is -0.368 e. The summed E-state index contributed by atoms with van der Waals surface area (Å²) in [6.07, 6.45) is -4.09. The van der Waals surface area contributed by atoms with Crippen molar-refractivity contribution in [2.75, 3.05) is 11.9 Å². The lowest BCUT2D eigenvalue weighted by Gasteiger charge is -2.13. The number of nitrogens with one attached hydrogen (secondary N) is 2. The molecule has 0 fully saturated rings. The molecule has 3 rings (SSSR count). The maximum Gasteiger partial charge on any atom is 0.434 e. The van der Waals surface area contributed by atoms with Gasteiger partial charge in [-0.3, -0.25) is 14.4 Å². The lowest BCUT2D eigenvalue weighted by molar-refractivity contribution is -0.143. The minimum atomic E-state index is -4.89. The molecular weight excluding hydrogens is 451 g/mol. The van der Waals surface area contributed by atoms with Crippen molar-refractivity contribution in [2.45, 2.75) is 6.18 Å². The predicted octanol–water partition coefficient (Wildman–Crippen LogP) is 3.01. The Morgan fingerprint density at radius 2 is 1.75 bits per heavy atom. The summed E-state index contributed by atoms with van der Waals surface area (Å²) in [6, 6.07) is 10.9. The molecule has 4 N–H and O–H groups in total. The van der Waals surface area contributed by atoms with Gasteiger partial charge in [-0.1, -0.05) is 17.7 Å². The summed E-state index contributed by atoms with van der Waals surface area (Å²) in [4.78, 5) is 35.4. The van der Waals surface area contributed by atoms with Gasteiger partial charge in [0, 0.05) is 16.3 Å². The number of hydrogen-bond acceptors (Lipinski definition) is 4. The fraction of sp³-hybridized carbons (Fsp3) is 0.100. The summed E-state index contributed by atoms with van der Waals surface area (Å²) < 4.78 is 41.9. The van der Waals surface area contributed by atoms with E-state index in [1.807, 2.05) is 0 Å². The number of primary amides is 1. The highest BCUT2D eigenvalue weighted by molar-refractivity contribution is 6.30. The second kappa shape index (κ2) is 9.10. The van der Waals surface area contributed by atoms with Crippen LogP contribution in [0.25, 0.3) is 5.69 Å². The third-order valence-corrected chi connectivity index (χ3v) is 4.41. The van der Waals surface area contributed by atoms with Crippen LogP contribution in [0.1, 0.15) is 26.4 Å². The second-order valence-electron chi connectivity index (χ2n) is 6.48. The fourth-order valence-electron chi connectivity index (χ4n) is 2.77. The Kier molecular flexibility index (Phi) is 6.49. The molecule has 166 valence electrons. The number of benzene rings is 2. The average Bonchev–Trinajstić information content (AvgIpc) is 3.18.